The molecule has 0 saturated carbocycles. The number of hydrogen-bond donors (Lipinski definition) is 1. The molecule has 1 N–H and O–H groups in total. The lowest BCUT2D eigenvalue weighted by molar-refractivity contribution is 0.0140. The topological polar surface area (TPSA) is 118 Å². The van der Waals surface area contributed by atoms with Crippen LogP contribution in [0.5, 0.6) is 0 Å². The Labute approximate surface area is 254 Å². The second kappa shape index (κ2) is 12.1. The molecule has 1 aliphatic rings. The fourth-order valence-corrected chi connectivity index (χ4v) is 5.16. The highest BCUT2D eigenvalue weighted by Gasteiger charge is 2.28. The smallest absolute Gasteiger partial charge is 0.410 e. The number of aromatic nitrogens is 5. The molecule has 0 aliphatic carbocycles. The number of nitrogens with zero attached hydrogens (tertiary/aromatic N) is 7. The Morgan fingerprint density at radius 1 is 1.00 bits per heavy atom. The van der Waals surface area contributed by atoms with E-state index in [9.17, 15) is 14.0 Å². The van der Waals surface area contributed by atoms with Crippen LogP contribution >= 0.6 is 0 Å². The van der Waals surface area contributed by atoms with E-state index in [0.29, 0.717) is 43.2 Å². The number of anilines is 1. The fraction of sp³-hybridized carbons (Fsp3) is 0.419. The minimum absolute atomic E-state index is 0.0270. The summed E-state index contributed by atoms with van der Waals surface area (Å²) in [6, 6.07) is 8.03. The molecular weight excluding hydrogens is 570 g/mol. The second-order valence-electron chi connectivity index (χ2n) is 12.0. The summed E-state index contributed by atoms with van der Waals surface area (Å²) in [5.74, 6) is -0.729. The molecule has 1 fully saturated rings. The van der Waals surface area contributed by atoms with Crippen LogP contribution in [0.15, 0.2) is 36.5 Å². The predicted molar refractivity (Wildman–Crippen MR) is 161 cm³/mol. The average Bonchev–Trinajstić information content (AvgIpc) is 3.32. The Bertz CT molecular complexity index is 1710. The van der Waals surface area contributed by atoms with Gasteiger partial charge in [-0.15, -0.1) is 0 Å². The van der Waals surface area contributed by atoms with Crippen LogP contribution in [0.3, 0.4) is 0 Å². The maximum atomic E-state index is 15.0. The summed E-state index contributed by atoms with van der Waals surface area (Å²) in [7, 11) is 0. The molecule has 0 spiro atoms. The standard InChI is InChI=1S/C31H36F2N8O3/c1-18(2)41-19(3)36-27-22(32)14-20(15-25(27)41)26-23(33)17-35-29(38-26)34-16-21-8-7-9-24(37-21)28(42)39-10-12-40(13-11-39)30(43)44-31(4,5)6/h7-9,14-15,17-18H,10-13,16H2,1-6H3,(H,34,35,38). The lowest BCUT2D eigenvalue weighted by atomic mass is 10.1. The molecule has 232 valence electrons. The van der Waals surface area contributed by atoms with Gasteiger partial charge in [0.1, 0.15) is 28.3 Å². The van der Waals surface area contributed by atoms with Gasteiger partial charge in [0.25, 0.3) is 5.91 Å². The van der Waals surface area contributed by atoms with E-state index in [1.807, 2.05) is 39.2 Å². The average molecular weight is 607 g/mol. The second-order valence-corrected chi connectivity index (χ2v) is 12.0. The molecule has 0 radical (unpaired) electrons. The summed E-state index contributed by atoms with van der Waals surface area (Å²) in [5.41, 5.74) is 1.19. The van der Waals surface area contributed by atoms with E-state index < -0.39 is 23.3 Å². The van der Waals surface area contributed by atoms with Crippen molar-refractivity contribution in [2.45, 2.75) is 59.7 Å². The lowest BCUT2D eigenvalue weighted by Gasteiger charge is -2.35. The molecule has 0 atom stereocenters. The van der Waals surface area contributed by atoms with Crippen molar-refractivity contribution in [3.63, 3.8) is 0 Å². The molecule has 13 heteroatoms. The van der Waals surface area contributed by atoms with Gasteiger partial charge in [-0.3, -0.25) is 4.79 Å². The number of halogens is 2. The molecule has 4 heterocycles. The maximum Gasteiger partial charge on any atom is 0.410 e. The third kappa shape index (κ3) is 6.61. The van der Waals surface area contributed by atoms with Crippen LogP contribution in [0.2, 0.25) is 0 Å². The molecule has 44 heavy (non-hydrogen) atoms. The van der Waals surface area contributed by atoms with Crippen molar-refractivity contribution in [3.05, 3.63) is 65.4 Å². The zero-order chi connectivity index (χ0) is 31.8. The van der Waals surface area contributed by atoms with Crippen LogP contribution in [0.1, 0.15) is 62.7 Å². The first-order valence-corrected chi connectivity index (χ1v) is 14.5. The highest BCUT2D eigenvalue weighted by Crippen LogP contribution is 2.30. The first kappa shape index (κ1) is 30.8. The van der Waals surface area contributed by atoms with Crippen molar-refractivity contribution in [2.75, 3.05) is 31.5 Å². The molecular formula is C31H36F2N8O3. The number of imidazole rings is 1. The third-order valence-electron chi connectivity index (χ3n) is 7.13. The highest BCUT2D eigenvalue weighted by molar-refractivity contribution is 5.92. The van der Waals surface area contributed by atoms with Gasteiger partial charge in [-0.05, 0) is 65.8 Å². The van der Waals surface area contributed by atoms with Crippen molar-refractivity contribution in [1.29, 1.82) is 0 Å². The minimum Gasteiger partial charge on any atom is -0.444 e. The quantitative estimate of drug-likeness (QED) is 0.312. The normalized spacial score (nSPS) is 13.9. The number of ether oxygens (including phenoxy) is 1. The highest BCUT2D eigenvalue weighted by atomic mass is 19.1. The Morgan fingerprint density at radius 2 is 1.70 bits per heavy atom. The minimum atomic E-state index is -0.695. The van der Waals surface area contributed by atoms with E-state index in [4.69, 9.17) is 4.74 Å². The van der Waals surface area contributed by atoms with E-state index in [0.717, 1.165) is 6.20 Å². The van der Waals surface area contributed by atoms with Gasteiger partial charge in [0, 0.05) is 37.8 Å². The van der Waals surface area contributed by atoms with Crippen molar-refractivity contribution < 1.29 is 23.1 Å². The van der Waals surface area contributed by atoms with Gasteiger partial charge in [-0.2, -0.15) is 0 Å². The number of fused-ring (bicyclic) bond motifs is 1. The lowest BCUT2D eigenvalue weighted by Crippen LogP contribution is -2.51. The third-order valence-corrected chi connectivity index (χ3v) is 7.13. The monoisotopic (exact) mass is 606 g/mol. The van der Waals surface area contributed by atoms with Crippen LogP contribution in [0, 0.1) is 18.6 Å². The van der Waals surface area contributed by atoms with Gasteiger partial charge in [0.05, 0.1) is 24.0 Å². The molecule has 0 unspecified atom stereocenters. The zero-order valence-electron chi connectivity index (χ0n) is 25.7. The van der Waals surface area contributed by atoms with E-state index in [1.54, 1.807) is 41.0 Å². The number of pyridine rings is 1. The number of carbonyl (C=O) groups excluding carboxylic acids is 2. The maximum absolute atomic E-state index is 15.0. The molecule has 0 bridgehead atoms. The van der Waals surface area contributed by atoms with Gasteiger partial charge in [0.15, 0.2) is 11.6 Å². The Morgan fingerprint density at radius 3 is 2.39 bits per heavy atom. The van der Waals surface area contributed by atoms with E-state index in [1.165, 1.54) is 6.07 Å². The summed E-state index contributed by atoms with van der Waals surface area (Å²) >= 11 is 0. The molecule has 3 aromatic heterocycles. The van der Waals surface area contributed by atoms with Gasteiger partial charge in [-0.25, -0.2) is 33.5 Å². The number of hydrogen-bond acceptors (Lipinski definition) is 8. The first-order valence-electron chi connectivity index (χ1n) is 14.5. The van der Waals surface area contributed by atoms with Crippen LogP contribution in [-0.2, 0) is 11.3 Å². The predicted octanol–water partition coefficient (Wildman–Crippen LogP) is 5.36. The molecule has 1 saturated heterocycles. The summed E-state index contributed by atoms with van der Waals surface area (Å²) in [6.45, 7) is 12.8. The number of carbonyl (C=O) groups is 2. The van der Waals surface area contributed by atoms with Crippen LogP contribution in [0.4, 0.5) is 19.5 Å². The summed E-state index contributed by atoms with van der Waals surface area (Å²) < 4.78 is 37.2. The number of amides is 2. The van der Waals surface area contributed by atoms with Crippen molar-refractivity contribution in [1.82, 2.24) is 34.3 Å². The summed E-state index contributed by atoms with van der Waals surface area (Å²) in [4.78, 5) is 45.9. The number of nitrogens with one attached hydrogen (secondary N) is 1. The Hall–Kier alpha value is -4.68. The SMILES string of the molecule is Cc1nc2c(F)cc(-c3nc(NCc4cccc(C(=O)N5CCN(C(=O)OC(C)(C)C)CC5)n4)ncc3F)cc2n1C(C)C. The molecule has 11 nitrogen and oxygen atoms in total. The van der Waals surface area contributed by atoms with E-state index in [2.05, 4.69) is 25.3 Å². The van der Waals surface area contributed by atoms with Crippen LogP contribution in [-0.4, -0.2) is 78.1 Å². The Balaban J connectivity index is 1.27. The number of rotatable bonds is 6. The largest absolute Gasteiger partial charge is 0.444 e. The molecule has 1 aliphatic heterocycles. The van der Waals surface area contributed by atoms with Gasteiger partial charge >= 0.3 is 6.09 Å². The zero-order valence-corrected chi connectivity index (χ0v) is 25.7. The van der Waals surface area contributed by atoms with Crippen LogP contribution < -0.4 is 5.32 Å². The van der Waals surface area contributed by atoms with Gasteiger partial charge < -0.3 is 24.4 Å². The van der Waals surface area contributed by atoms with Gasteiger partial charge in [-0.1, -0.05) is 6.07 Å². The number of aryl methyl sites for hydroxylation is 1. The Kier molecular flexibility index (Phi) is 8.49. The first-order chi connectivity index (χ1) is 20.8. The number of piperazine rings is 1. The van der Waals surface area contributed by atoms with E-state index >= 15 is 4.39 Å². The van der Waals surface area contributed by atoms with Crippen molar-refractivity contribution in [2.24, 2.45) is 0 Å². The summed E-state index contributed by atoms with van der Waals surface area (Å²) in [5, 5.41) is 3.02. The molecule has 1 aromatic carbocycles. The molecule has 4 aromatic rings. The van der Waals surface area contributed by atoms with Gasteiger partial charge in [0.2, 0.25) is 5.95 Å². The molecule has 5 rings (SSSR count). The van der Waals surface area contributed by atoms with Crippen molar-refractivity contribution in [3.8, 4) is 11.3 Å². The molecule has 2 amide bonds. The number of benzene rings is 1. The van der Waals surface area contributed by atoms with Crippen molar-refractivity contribution >= 4 is 29.0 Å². The fourth-order valence-electron chi connectivity index (χ4n) is 5.16. The summed E-state index contributed by atoms with van der Waals surface area (Å²) in [6.07, 6.45) is 0.632. The van der Waals surface area contributed by atoms with E-state index in [-0.39, 0.29) is 46.9 Å². The van der Waals surface area contributed by atoms with Crippen LogP contribution in [0.25, 0.3) is 22.3 Å².